The van der Waals surface area contributed by atoms with E-state index >= 15 is 0 Å². The maximum atomic E-state index is 5.92. The zero-order valence-corrected chi connectivity index (χ0v) is 21.5. The molecule has 3 nitrogen and oxygen atoms in total. The summed E-state index contributed by atoms with van der Waals surface area (Å²) in [6.07, 6.45) is 19.6. The first-order chi connectivity index (χ1) is 15.7. The van der Waals surface area contributed by atoms with Crippen molar-refractivity contribution in [1.82, 2.24) is 9.97 Å². The second kappa shape index (κ2) is 17.0. The number of hydrogen-bond donors (Lipinski definition) is 0. The highest BCUT2D eigenvalue weighted by Crippen LogP contribution is 2.23. The topological polar surface area (TPSA) is 35.0 Å². The molecule has 178 valence electrons. The van der Waals surface area contributed by atoms with Gasteiger partial charge in [0, 0.05) is 23.7 Å². The molecule has 0 aliphatic carbocycles. The van der Waals surface area contributed by atoms with Crippen molar-refractivity contribution in [3.63, 3.8) is 0 Å². The van der Waals surface area contributed by atoms with E-state index in [2.05, 4.69) is 55.0 Å². The number of aromatic nitrogens is 2. The highest BCUT2D eigenvalue weighted by atomic mass is 32.2. The number of ether oxygens (including phenoxy) is 1. The standard InChI is InChI=1S/C28H44N2OS/c1-4-6-7-8-11-14-21-32-28-29-22-26(23-30-28)25-16-18-27(19-17-25)31-20-13-10-9-12-15-24(3)5-2/h16-19,22-24H,4-15,20-21H2,1-3H3/t24-/m0/s1. The molecule has 2 rings (SSSR count). The van der Waals surface area contributed by atoms with E-state index in [1.54, 1.807) is 11.8 Å². The number of thioether (sulfide) groups is 1. The fraction of sp³-hybridized carbons (Fsp3) is 0.643. The third-order valence-corrected chi connectivity index (χ3v) is 7.06. The summed E-state index contributed by atoms with van der Waals surface area (Å²) in [5.74, 6) is 2.92. The van der Waals surface area contributed by atoms with Crippen LogP contribution in [0.2, 0.25) is 0 Å². The largest absolute Gasteiger partial charge is 0.494 e. The van der Waals surface area contributed by atoms with Crippen LogP contribution >= 0.6 is 11.8 Å². The van der Waals surface area contributed by atoms with Crippen molar-refractivity contribution in [3.05, 3.63) is 36.7 Å². The van der Waals surface area contributed by atoms with Crippen LogP contribution in [0.15, 0.2) is 41.8 Å². The average Bonchev–Trinajstić information content (AvgIpc) is 2.83. The van der Waals surface area contributed by atoms with Gasteiger partial charge in [-0.05, 0) is 36.5 Å². The minimum Gasteiger partial charge on any atom is -0.494 e. The van der Waals surface area contributed by atoms with Crippen molar-refractivity contribution < 1.29 is 4.74 Å². The predicted octanol–water partition coefficient (Wildman–Crippen LogP) is 8.97. The molecule has 2 aromatic rings. The summed E-state index contributed by atoms with van der Waals surface area (Å²) in [7, 11) is 0. The van der Waals surface area contributed by atoms with Gasteiger partial charge in [0.25, 0.3) is 0 Å². The fourth-order valence-electron chi connectivity index (χ4n) is 3.67. The van der Waals surface area contributed by atoms with Crippen LogP contribution in [0.4, 0.5) is 0 Å². The van der Waals surface area contributed by atoms with E-state index in [9.17, 15) is 0 Å². The Morgan fingerprint density at radius 1 is 0.781 bits per heavy atom. The van der Waals surface area contributed by atoms with Gasteiger partial charge in [-0.2, -0.15) is 0 Å². The minimum atomic E-state index is 0.802. The summed E-state index contributed by atoms with van der Waals surface area (Å²) < 4.78 is 5.92. The van der Waals surface area contributed by atoms with E-state index in [1.807, 2.05) is 12.4 Å². The first-order valence-corrected chi connectivity index (χ1v) is 13.9. The minimum absolute atomic E-state index is 0.802. The van der Waals surface area contributed by atoms with Crippen molar-refractivity contribution in [2.45, 2.75) is 103 Å². The molecule has 1 heterocycles. The molecule has 0 fully saturated rings. The van der Waals surface area contributed by atoms with Crippen LogP contribution in [0.25, 0.3) is 11.1 Å². The van der Waals surface area contributed by atoms with Gasteiger partial charge in [0.2, 0.25) is 0 Å². The number of unbranched alkanes of at least 4 members (excludes halogenated alkanes) is 8. The Hall–Kier alpha value is -1.55. The number of rotatable bonds is 18. The van der Waals surface area contributed by atoms with E-state index in [0.717, 1.165) is 46.7 Å². The van der Waals surface area contributed by atoms with E-state index in [4.69, 9.17) is 4.74 Å². The van der Waals surface area contributed by atoms with Crippen molar-refractivity contribution >= 4 is 11.8 Å². The summed E-state index contributed by atoms with van der Waals surface area (Å²) in [6.45, 7) is 7.69. The molecule has 0 aliphatic heterocycles. The van der Waals surface area contributed by atoms with Crippen LogP contribution in [0, 0.1) is 5.92 Å². The van der Waals surface area contributed by atoms with Crippen LogP contribution in [0.1, 0.15) is 97.8 Å². The molecule has 0 radical (unpaired) electrons. The van der Waals surface area contributed by atoms with Gasteiger partial charge >= 0.3 is 0 Å². The molecule has 32 heavy (non-hydrogen) atoms. The van der Waals surface area contributed by atoms with Crippen LogP contribution in [0.3, 0.4) is 0 Å². The van der Waals surface area contributed by atoms with Crippen molar-refractivity contribution in [2.24, 2.45) is 5.92 Å². The lowest BCUT2D eigenvalue weighted by Gasteiger charge is -2.09. The van der Waals surface area contributed by atoms with Gasteiger partial charge in [-0.1, -0.05) is 109 Å². The second-order valence-electron chi connectivity index (χ2n) is 8.96. The summed E-state index contributed by atoms with van der Waals surface area (Å²) in [6, 6.07) is 8.31. The molecular weight excluding hydrogens is 412 g/mol. The zero-order valence-electron chi connectivity index (χ0n) is 20.7. The van der Waals surface area contributed by atoms with Crippen molar-refractivity contribution in [2.75, 3.05) is 12.4 Å². The summed E-state index contributed by atoms with van der Waals surface area (Å²) >= 11 is 1.77. The molecule has 0 N–H and O–H groups in total. The molecule has 0 unspecified atom stereocenters. The van der Waals surface area contributed by atoms with Gasteiger partial charge in [0.1, 0.15) is 5.75 Å². The normalized spacial score (nSPS) is 12.1. The highest BCUT2D eigenvalue weighted by Gasteiger charge is 2.03. The molecule has 0 spiro atoms. The van der Waals surface area contributed by atoms with Crippen molar-refractivity contribution in [3.8, 4) is 16.9 Å². The Bertz CT molecular complexity index is 702. The van der Waals surface area contributed by atoms with E-state index < -0.39 is 0 Å². The predicted molar refractivity (Wildman–Crippen MR) is 140 cm³/mol. The molecule has 1 atom stereocenters. The maximum Gasteiger partial charge on any atom is 0.187 e. The van der Waals surface area contributed by atoms with Crippen LogP contribution < -0.4 is 4.74 Å². The van der Waals surface area contributed by atoms with E-state index in [1.165, 1.54) is 70.6 Å². The van der Waals surface area contributed by atoms with Gasteiger partial charge in [-0.25, -0.2) is 9.97 Å². The first kappa shape index (κ1) is 26.7. The van der Waals surface area contributed by atoms with Crippen LogP contribution in [-0.4, -0.2) is 22.3 Å². The summed E-state index contributed by atoms with van der Waals surface area (Å²) in [4.78, 5) is 9.09. The Morgan fingerprint density at radius 2 is 1.44 bits per heavy atom. The first-order valence-electron chi connectivity index (χ1n) is 12.9. The smallest absolute Gasteiger partial charge is 0.187 e. The van der Waals surface area contributed by atoms with Gasteiger partial charge < -0.3 is 4.74 Å². The van der Waals surface area contributed by atoms with Crippen LogP contribution in [-0.2, 0) is 0 Å². The van der Waals surface area contributed by atoms with E-state index in [-0.39, 0.29) is 0 Å². The maximum absolute atomic E-state index is 5.92. The van der Waals surface area contributed by atoms with Crippen molar-refractivity contribution in [1.29, 1.82) is 0 Å². The molecular formula is C28H44N2OS. The monoisotopic (exact) mass is 456 g/mol. The quantitative estimate of drug-likeness (QED) is 0.127. The third kappa shape index (κ3) is 11.4. The number of benzene rings is 1. The highest BCUT2D eigenvalue weighted by molar-refractivity contribution is 7.99. The molecule has 4 heteroatoms. The van der Waals surface area contributed by atoms with Gasteiger partial charge in [-0.15, -0.1) is 0 Å². The molecule has 1 aromatic heterocycles. The van der Waals surface area contributed by atoms with Gasteiger partial charge in [0.15, 0.2) is 5.16 Å². The molecule has 0 aliphatic rings. The summed E-state index contributed by atoms with van der Waals surface area (Å²) in [5.41, 5.74) is 2.19. The SMILES string of the molecule is CCCCCCCCSc1ncc(-c2ccc(OCCCCCC[C@@H](C)CC)cc2)cn1. The zero-order chi connectivity index (χ0) is 22.9. The lowest BCUT2D eigenvalue weighted by Crippen LogP contribution is -1.98. The fourth-order valence-corrected chi connectivity index (χ4v) is 4.46. The van der Waals surface area contributed by atoms with Crippen LogP contribution in [0.5, 0.6) is 5.75 Å². The number of hydrogen-bond acceptors (Lipinski definition) is 4. The molecule has 0 amide bonds. The Kier molecular flexibility index (Phi) is 14.2. The van der Waals surface area contributed by atoms with E-state index in [0.29, 0.717) is 0 Å². The Morgan fingerprint density at radius 3 is 2.16 bits per heavy atom. The lowest BCUT2D eigenvalue weighted by molar-refractivity contribution is 0.303. The lowest BCUT2D eigenvalue weighted by atomic mass is 10.0. The third-order valence-electron chi connectivity index (χ3n) is 6.10. The molecule has 0 bridgehead atoms. The Labute approximate surface area is 201 Å². The molecule has 0 saturated carbocycles. The second-order valence-corrected chi connectivity index (χ2v) is 10.0. The molecule has 0 saturated heterocycles. The average molecular weight is 457 g/mol. The Balaban J connectivity index is 1.62. The summed E-state index contributed by atoms with van der Waals surface area (Å²) in [5, 5.41) is 0.881. The van der Waals surface area contributed by atoms with Gasteiger partial charge in [-0.3, -0.25) is 0 Å². The number of nitrogens with zero attached hydrogens (tertiary/aromatic N) is 2. The molecule has 1 aromatic carbocycles. The van der Waals surface area contributed by atoms with Gasteiger partial charge in [0.05, 0.1) is 6.61 Å².